The Morgan fingerprint density at radius 3 is 2.84 bits per heavy atom. The minimum absolute atomic E-state index is 0.0602. The van der Waals surface area contributed by atoms with Gasteiger partial charge in [-0.05, 0) is 42.0 Å². The zero-order chi connectivity index (χ0) is 13.8. The van der Waals surface area contributed by atoms with Crippen molar-refractivity contribution < 1.29 is 14.2 Å². The number of methoxy groups -OCH3 is 1. The molecule has 3 unspecified atom stereocenters. The number of nitrogens with one attached hydrogen (secondary N) is 1. The number of benzene rings is 1. The number of hydrogen-bond donors (Lipinski definition) is 1. The first-order valence-corrected chi connectivity index (χ1v) is 7.28. The molecule has 5 heteroatoms. The molecular formula is C14H20BrNO3. The van der Waals surface area contributed by atoms with Crippen molar-refractivity contribution in [1.82, 2.24) is 5.32 Å². The van der Waals surface area contributed by atoms with Crippen molar-refractivity contribution in [2.24, 2.45) is 0 Å². The zero-order valence-corrected chi connectivity index (χ0v) is 13.1. The van der Waals surface area contributed by atoms with E-state index in [2.05, 4.69) is 21.2 Å². The summed E-state index contributed by atoms with van der Waals surface area (Å²) in [4.78, 5) is 0. The Bertz CT molecular complexity index is 427. The SMILES string of the molecule is CCOC1C(NC)CC1Oc1c(Br)cccc1OC. The number of rotatable bonds is 6. The van der Waals surface area contributed by atoms with Gasteiger partial charge in [-0.15, -0.1) is 0 Å². The van der Waals surface area contributed by atoms with Gasteiger partial charge in [0.05, 0.1) is 11.6 Å². The Balaban J connectivity index is 2.09. The van der Waals surface area contributed by atoms with Gasteiger partial charge < -0.3 is 19.5 Å². The van der Waals surface area contributed by atoms with Crippen molar-refractivity contribution >= 4 is 15.9 Å². The standard InChI is InChI=1S/C14H20BrNO3/c1-4-18-14-10(16-2)8-12(14)19-13-9(15)6-5-7-11(13)17-3/h5-7,10,12,14,16H,4,8H2,1-3H3. The molecule has 1 aliphatic rings. The first kappa shape index (κ1) is 14.6. The first-order chi connectivity index (χ1) is 9.21. The van der Waals surface area contributed by atoms with Gasteiger partial charge in [0.25, 0.3) is 0 Å². The van der Waals surface area contributed by atoms with Crippen molar-refractivity contribution in [3.63, 3.8) is 0 Å². The predicted octanol–water partition coefficient (Wildman–Crippen LogP) is 2.60. The van der Waals surface area contributed by atoms with Crippen molar-refractivity contribution in [2.75, 3.05) is 20.8 Å². The summed E-state index contributed by atoms with van der Waals surface area (Å²) >= 11 is 3.50. The van der Waals surface area contributed by atoms with Crippen LogP contribution in [0.5, 0.6) is 11.5 Å². The fourth-order valence-electron chi connectivity index (χ4n) is 2.31. The van der Waals surface area contributed by atoms with Gasteiger partial charge in [0.2, 0.25) is 0 Å². The number of hydrogen-bond acceptors (Lipinski definition) is 4. The van der Waals surface area contributed by atoms with Crippen LogP contribution in [0.3, 0.4) is 0 Å². The maximum atomic E-state index is 6.06. The summed E-state index contributed by atoms with van der Waals surface area (Å²) in [7, 11) is 3.59. The predicted molar refractivity (Wildman–Crippen MR) is 78.0 cm³/mol. The van der Waals surface area contributed by atoms with Crippen LogP contribution < -0.4 is 14.8 Å². The normalized spacial score (nSPS) is 25.8. The van der Waals surface area contributed by atoms with E-state index in [4.69, 9.17) is 14.2 Å². The van der Waals surface area contributed by atoms with Gasteiger partial charge in [-0.25, -0.2) is 0 Å². The van der Waals surface area contributed by atoms with Gasteiger partial charge in [-0.2, -0.15) is 0 Å². The van der Waals surface area contributed by atoms with Crippen LogP contribution in [0.4, 0.5) is 0 Å². The lowest BCUT2D eigenvalue weighted by atomic mass is 9.85. The van der Waals surface area contributed by atoms with Gasteiger partial charge in [0, 0.05) is 19.1 Å². The average Bonchev–Trinajstić information content (AvgIpc) is 2.41. The van der Waals surface area contributed by atoms with Crippen LogP contribution >= 0.6 is 15.9 Å². The molecule has 106 valence electrons. The second-order valence-electron chi connectivity index (χ2n) is 4.48. The van der Waals surface area contributed by atoms with E-state index in [9.17, 15) is 0 Å². The third-order valence-corrected chi connectivity index (χ3v) is 4.02. The van der Waals surface area contributed by atoms with Crippen LogP contribution in [0.1, 0.15) is 13.3 Å². The van der Waals surface area contributed by atoms with Crippen LogP contribution in [0.25, 0.3) is 0 Å². The molecule has 1 fully saturated rings. The van der Waals surface area contributed by atoms with Gasteiger partial charge in [0.1, 0.15) is 12.2 Å². The smallest absolute Gasteiger partial charge is 0.175 e. The fraction of sp³-hybridized carbons (Fsp3) is 0.571. The minimum Gasteiger partial charge on any atom is -0.493 e. The first-order valence-electron chi connectivity index (χ1n) is 6.49. The molecule has 0 aliphatic heterocycles. The van der Waals surface area contributed by atoms with Crippen LogP contribution in [0, 0.1) is 0 Å². The molecule has 1 aromatic carbocycles. The Morgan fingerprint density at radius 2 is 2.21 bits per heavy atom. The van der Waals surface area contributed by atoms with Gasteiger partial charge >= 0.3 is 0 Å². The molecule has 19 heavy (non-hydrogen) atoms. The van der Waals surface area contributed by atoms with E-state index in [0.717, 1.165) is 22.4 Å². The third kappa shape index (κ3) is 3.04. The third-order valence-electron chi connectivity index (χ3n) is 3.40. The van der Waals surface area contributed by atoms with Crippen LogP contribution in [-0.2, 0) is 4.74 Å². The molecule has 2 rings (SSSR count). The highest BCUT2D eigenvalue weighted by Gasteiger charge is 2.43. The van der Waals surface area contributed by atoms with Crippen molar-refractivity contribution in [3.8, 4) is 11.5 Å². The van der Waals surface area contributed by atoms with E-state index < -0.39 is 0 Å². The van der Waals surface area contributed by atoms with Crippen LogP contribution in [0.15, 0.2) is 22.7 Å². The highest BCUT2D eigenvalue weighted by molar-refractivity contribution is 9.10. The van der Waals surface area contributed by atoms with Gasteiger partial charge in [-0.1, -0.05) is 6.07 Å². The van der Waals surface area contributed by atoms with E-state index >= 15 is 0 Å². The monoisotopic (exact) mass is 329 g/mol. The summed E-state index contributed by atoms with van der Waals surface area (Å²) in [6.07, 6.45) is 1.09. The molecule has 1 N–H and O–H groups in total. The lowest BCUT2D eigenvalue weighted by molar-refractivity contribution is -0.103. The number of likely N-dealkylation sites (N-methyl/N-ethyl adjacent to an activating group) is 1. The molecule has 0 saturated heterocycles. The zero-order valence-electron chi connectivity index (χ0n) is 11.5. The van der Waals surface area contributed by atoms with E-state index in [1.54, 1.807) is 7.11 Å². The average molecular weight is 330 g/mol. The van der Waals surface area contributed by atoms with E-state index in [0.29, 0.717) is 12.6 Å². The van der Waals surface area contributed by atoms with E-state index in [1.165, 1.54) is 0 Å². The van der Waals surface area contributed by atoms with Gasteiger partial charge in [0.15, 0.2) is 11.5 Å². The summed E-state index contributed by atoms with van der Waals surface area (Å²) < 4.78 is 18.0. The van der Waals surface area contributed by atoms with E-state index in [1.807, 2.05) is 32.2 Å². The quantitative estimate of drug-likeness (QED) is 0.870. The molecule has 1 aromatic rings. The van der Waals surface area contributed by atoms with Crippen molar-refractivity contribution in [1.29, 1.82) is 0 Å². The Labute approximate surface area is 122 Å². The number of ether oxygens (including phenoxy) is 3. The summed E-state index contributed by atoms with van der Waals surface area (Å²) in [6.45, 7) is 2.69. The second-order valence-corrected chi connectivity index (χ2v) is 5.33. The van der Waals surface area contributed by atoms with Crippen LogP contribution in [-0.4, -0.2) is 39.0 Å². The summed E-state index contributed by atoms with van der Waals surface area (Å²) in [6, 6.07) is 6.12. The molecule has 1 aliphatic carbocycles. The molecule has 1 saturated carbocycles. The minimum atomic E-state index is 0.0602. The molecular weight excluding hydrogens is 310 g/mol. The summed E-state index contributed by atoms with van der Waals surface area (Å²) in [5.74, 6) is 1.48. The molecule has 0 amide bonds. The molecule has 3 atom stereocenters. The van der Waals surface area contributed by atoms with Crippen molar-refractivity contribution in [2.45, 2.75) is 31.6 Å². The second kappa shape index (κ2) is 6.59. The number of para-hydroxylation sites is 1. The molecule has 0 radical (unpaired) electrons. The summed E-state index contributed by atoms with van der Waals surface area (Å²) in [5, 5.41) is 3.25. The molecule has 0 aromatic heterocycles. The Kier molecular flexibility index (Phi) is 5.07. The van der Waals surface area contributed by atoms with Gasteiger partial charge in [-0.3, -0.25) is 0 Å². The number of halogens is 1. The van der Waals surface area contributed by atoms with E-state index in [-0.39, 0.29) is 12.2 Å². The topological polar surface area (TPSA) is 39.7 Å². The largest absolute Gasteiger partial charge is 0.493 e. The molecule has 0 bridgehead atoms. The lowest BCUT2D eigenvalue weighted by Gasteiger charge is -2.43. The fourth-order valence-corrected chi connectivity index (χ4v) is 2.75. The lowest BCUT2D eigenvalue weighted by Crippen LogP contribution is -2.60. The molecule has 4 nitrogen and oxygen atoms in total. The molecule has 0 heterocycles. The van der Waals surface area contributed by atoms with Crippen molar-refractivity contribution in [3.05, 3.63) is 22.7 Å². The highest BCUT2D eigenvalue weighted by atomic mass is 79.9. The Hall–Kier alpha value is -0.780. The highest BCUT2D eigenvalue weighted by Crippen LogP contribution is 2.39. The maximum absolute atomic E-state index is 6.06. The summed E-state index contributed by atoms with van der Waals surface area (Å²) in [5.41, 5.74) is 0. The maximum Gasteiger partial charge on any atom is 0.175 e. The van der Waals surface area contributed by atoms with Crippen LogP contribution in [0.2, 0.25) is 0 Å². The Morgan fingerprint density at radius 1 is 1.42 bits per heavy atom. The molecule has 0 spiro atoms.